The molecule has 0 aliphatic rings. The number of halogens is 3. The fourth-order valence-corrected chi connectivity index (χ4v) is 1.64. The summed E-state index contributed by atoms with van der Waals surface area (Å²) in [6, 6.07) is 7.55. The van der Waals surface area contributed by atoms with Crippen molar-refractivity contribution in [2.45, 2.75) is 6.18 Å². The van der Waals surface area contributed by atoms with Gasteiger partial charge in [-0.1, -0.05) is 0 Å². The van der Waals surface area contributed by atoms with Gasteiger partial charge in [0.1, 0.15) is 0 Å². The fraction of sp³-hybridized carbons (Fsp3) is 0.167. The van der Waals surface area contributed by atoms with Crippen LogP contribution in [0.5, 0.6) is 0 Å². The van der Waals surface area contributed by atoms with Crippen molar-refractivity contribution < 1.29 is 13.2 Å². The van der Waals surface area contributed by atoms with Crippen LogP contribution < -0.4 is 5.32 Å². The van der Waals surface area contributed by atoms with E-state index in [0.717, 1.165) is 6.07 Å². The van der Waals surface area contributed by atoms with Crippen molar-refractivity contribution in [3.8, 4) is 5.69 Å². The van der Waals surface area contributed by atoms with Crippen molar-refractivity contribution in [3.63, 3.8) is 0 Å². The molecule has 5 heteroatoms. The summed E-state index contributed by atoms with van der Waals surface area (Å²) in [4.78, 5) is 0. The molecular weight excluding hydrogens is 229 g/mol. The van der Waals surface area contributed by atoms with E-state index < -0.39 is 11.7 Å². The molecule has 1 aromatic heterocycles. The molecule has 0 aliphatic heterocycles. The molecule has 0 saturated carbocycles. The lowest BCUT2D eigenvalue weighted by molar-refractivity contribution is -0.137. The second-order valence-corrected chi connectivity index (χ2v) is 3.57. The van der Waals surface area contributed by atoms with E-state index in [-0.39, 0.29) is 5.69 Å². The van der Waals surface area contributed by atoms with Crippen molar-refractivity contribution in [1.82, 2.24) is 4.57 Å². The van der Waals surface area contributed by atoms with Crippen LogP contribution in [0.2, 0.25) is 0 Å². The quantitative estimate of drug-likeness (QED) is 0.849. The molecule has 2 rings (SSSR count). The monoisotopic (exact) mass is 240 g/mol. The third kappa shape index (κ3) is 2.27. The number of aromatic nitrogens is 1. The van der Waals surface area contributed by atoms with Gasteiger partial charge in [-0.2, -0.15) is 13.2 Å². The van der Waals surface area contributed by atoms with Gasteiger partial charge in [-0.25, -0.2) is 0 Å². The SMILES string of the molecule is CNc1ccc(-n2cccc2)c(C(F)(F)F)c1. The summed E-state index contributed by atoms with van der Waals surface area (Å²) in [6.45, 7) is 0. The van der Waals surface area contributed by atoms with Crippen LogP contribution in [-0.4, -0.2) is 11.6 Å². The molecule has 2 nitrogen and oxygen atoms in total. The van der Waals surface area contributed by atoms with Gasteiger partial charge in [0.05, 0.1) is 11.3 Å². The van der Waals surface area contributed by atoms with Gasteiger partial charge >= 0.3 is 6.18 Å². The molecule has 0 atom stereocenters. The Morgan fingerprint density at radius 3 is 2.29 bits per heavy atom. The first kappa shape index (κ1) is 11.6. The summed E-state index contributed by atoms with van der Waals surface area (Å²) in [5, 5.41) is 2.70. The smallest absolute Gasteiger partial charge is 0.388 e. The molecule has 17 heavy (non-hydrogen) atoms. The number of alkyl halides is 3. The van der Waals surface area contributed by atoms with Crippen LogP contribution in [-0.2, 0) is 6.18 Å². The lowest BCUT2D eigenvalue weighted by Gasteiger charge is -2.15. The first-order valence-corrected chi connectivity index (χ1v) is 5.04. The van der Waals surface area contributed by atoms with Crippen LogP contribution in [0.25, 0.3) is 5.69 Å². The summed E-state index contributed by atoms with van der Waals surface area (Å²) < 4.78 is 40.2. The van der Waals surface area contributed by atoms with E-state index in [1.165, 1.54) is 10.6 Å². The van der Waals surface area contributed by atoms with Crippen molar-refractivity contribution in [2.24, 2.45) is 0 Å². The lowest BCUT2D eigenvalue weighted by atomic mass is 10.1. The van der Waals surface area contributed by atoms with Crippen LogP contribution in [0.1, 0.15) is 5.56 Å². The highest BCUT2D eigenvalue weighted by atomic mass is 19.4. The number of nitrogens with one attached hydrogen (secondary N) is 1. The molecule has 0 aliphatic carbocycles. The van der Waals surface area contributed by atoms with Gasteiger partial charge in [-0.3, -0.25) is 0 Å². The summed E-state index contributed by atoms with van der Waals surface area (Å²) in [7, 11) is 1.59. The minimum absolute atomic E-state index is 0.126. The molecule has 0 saturated heterocycles. The van der Waals surface area contributed by atoms with E-state index in [9.17, 15) is 13.2 Å². The van der Waals surface area contributed by atoms with Crippen molar-refractivity contribution in [1.29, 1.82) is 0 Å². The minimum Gasteiger partial charge on any atom is -0.388 e. The topological polar surface area (TPSA) is 17.0 Å². The zero-order chi connectivity index (χ0) is 12.5. The Morgan fingerprint density at radius 2 is 1.76 bits per heavy atom. The van der Waals surface area contributed by atoms with Crippen molar-refractivity contribution in [3.05, 3.63) is 48.3 Å². The van der Waals surface area contributed by atoms with Gasteiger partial charge in [0.15, 0.2) is 0 Å². The predicted molar refractivity (Wildman–Crippen MR) is 60.3 cm³/mol. The number of rotatable bonds is 2. The van der Waals surface area contributed by atoms with Crippen LogP contribution in [0.4, 0.5) is 18.9 Å². The predicted octanol–water partition coefficient (Wildman–Crippen LogP) is 3.54. The summed E-state index contributed by atoms with van der Waals surface area (Å²) in [6.07, 6.45) is -1.19. The first-order valence-electron chi connectivity index (χ1n) is 5.04. The van der Waals surface area contributed by atoms with Gasteiger partial charge in [0.25, 0.3) is 0 Å². The average Bonchev–Trinajstić information content (AvgIpc) is 2.80. The Morgan fingerprint density at radius 1 is 1.12 bits per heavy atom. The second-order valence-electron chi connectivity index (χ2n) is 3.57. The van der Waals surface area contributed by atoms with Gasteiger partial charge in [-0.15, -0.1) is 0 Å². The average molecular weight is 240 g/mol. The maximum Gasteiger partial charge on any atom is 0.418 e. The van der Waals surface area contributed by atoms with Crippen LogP contribution >= 0.6 is 0 Å². The number of anilines is 1. The third-order valence-corrected chi connectivity index (χ3v) is 2.47. The highest BCUT2D eigenvalue weighted by molar-refractivity contribution is 5.55. The molecule has 2 aromatic rings. The number of hydrogen-bond acceptors (Lipinski definition) is 1. The molecule has 0 fully saturated rings. The molecule has 0 amide bonds. The standard InChI is InChI=1S/C12H11F3N2/c1-16-9-4-5-11(17-6-2-3-7-17)10(8-9)12(13,14)15/h2-8,16H,1H3. The molecule has 0 radical (unpaired) electrons. The van der Waals surface area contributed by atoms with Crippen LogP contribution in [0.15, 0.2) is 42.7 Å². The van der Waals surface area contributed by atoms with E-state index in [4.69, 9.17) is 0 Å². The summed E-state index contributed by atoms with van der Waals surface area (Å²) >= 11 is 0. The number of benzene rings is 1. The Bertz CT molecular complexity index is 501. The Balaban J connectivity index is 2.59. The Kier molecular flexibility index (Phi) is 2.83. The molecule has 1 N–H and O–H groups in total. The van der Waals surface area contributed by atoms with Crippen molar-refractivity contribution in [2.75, 3.05) is 12.4 Å². The summed E-state index contributed by atoms with van der Waals surface area (Å²) in [5.74, 6) is 0. The maximum atomic E-state index is 12.9. The van der Waals surface area contributed by atoms with Gasteiger partial charge in [-0.05, 0) is 30.3 Å². The van der Waals surface area contributed by atoms with E-state index in [2.05, 4.69) is 5.32 Å². The molecule has 0 spiro atoms. The zero-order valence-corrected chi connectivity index (χ0v) is 9.12. The highest BCUT2D eigenvalue weighted by Gasteiger charge is 2.34. The first-order chi connectivity index (χ1) is 8.02. The minimum atomic E-state index is -4.37. The van der Waals surface area contributed by atoms with Gasteiger partial charge < -0.3 is 9.88 Å². The summed E-state index contributed by atoms with van der Waals surface area (Å²) in [5.41, 5.74) is -0.0877. The molecule has 1 heterocycles. The number of nitrogens with zero attached hydrogens (tertiary/aromatic N) is 1. The van der Waals surface area contributed by atoms with Gasteiger partial charge in [0.2, 0.25) is 0 Å². The van der Waals surface area contributed by atoms with E-state index in [0.29, 0.717) is 5.69 Å². The molecule has 90 valence electrons. The van der Waals surface area contributed by atoms with Crippen molar-refractivity contribution >= 4 is 5.69 Å². The lowest BCUT2D eigenvalue weighted by Crippen LogP contribution is -2.10. The number of hydrogen-bond donors (Lipinski definition) is 1. The third-order valence-electron chi connectivity index (χ3n) is 2.47. The van der Waals surface area contributed by atoms with E-state index in [1.807, 2.05) is 0 Å². The van der Waals surface area contributed by atoms with E-state index >= 15 is 0 Å². The van der Waals surface area contributed by atoms with Gasteiger partial charge in [0, 0.05) is 25.1 Å². The molecular formula is C12H11F3N2. The van der Waals surface area contributed by atoms with Crippen LogP contribution in [0, 0.1) is 0 Å². The second kappa shape index (κ2) is 4.16. The molecule has 1 aromatic carbocycles. The normalized spacial score (nSPS) is 11.5. The Hall–Kier alpha value is -1.91. The fourth-order valence-electron chi connectivity index (χ4n) is 1.64. The molecule has 0 bridgehead atoms. The maximum absolute atomic E-state index is 12.9. The van der Waals surface area contributed by atoms with Crippen LogP contribution in [0.3, 0.4) is 0 Å². The largest absolute Gasteiger partial charge is 0.418 e. The highest BCUT2D eigenvalue weighted by Crippen LogP contribution is 2.35. The van der Waals surface area contributed by atoms with E-state index in [1.54, 1.807) is 37.6 Å². The molecule has 0 unspecified atom stereocenters. The Labute approximate surface area is 96.7 Å². The zero-order valence-electron chi connectivity index (χ0n) is 9.12.